The van der Waals surface area contributed by atoms with E-state index in [9.17, 15) is 9.59 Å². The van der Waals surface area contributed by atoms with Gasteiger partial charge in [-0.15, -0.1) is 0 Å². The molecule has 0 aromatic carbocycles. The lowest BCUT2D eigenvalue weighted by atomic mass is 10.0. The minimum Gasteiger partial charge on any atom is -0.481 e. The van der Waals surface area contributed by atoms with Gasteiger partial charge in [0.2, 0.25) is 0 Å². The Balaban J connectivity index is 3.12. The molecule has 4 nitrogen and oxygen atoms in total. The zero-order valence-corrected chi connectivity index (χ0v) is 17.1. The minimum atomic E-state index is -0.844. The fourth-order valence-corrected chi connectivity index (χ4v) is 3.12. The number of hydrogen-bond donors (Lipinski definition) is 1. The SMILES string of the molecule is CCCCCCCCCCCCCCCCCC(=O)OCCCC(=O)O. The summed E-state index contributed by atoms with van der Waals surface area (Å²) >= 11 is 0. The smallest absolute Gasteiger partial charge is 0.305 e. The molecular weight excluding hydrogens is 328 g/mol. The summed E-state index contributed by atoms with van der Waals surface area (Å²) in [5.74, 6) is -1.03. The summed E-state index contributed by atoms with van der Waals surface area (Å²) in [7, 11) is 0. The highest BCUT2D eigenvalue weighted by Gasteiger charge is 2.03. The zero-order valence-electron chi connectivity index (χ0n) is 17.1. The van der Waals surface area contributed by atoms with Crippen LogP contribution in [-0.2, 0) is 14.3 Å². The lowest BCUT2D eigenvalue weighted by Gasteiger charge is -2.04. The van der Waals surface area contributed by atoms with Gasteiger partial charge in [0, 0.05) is 12.8 Å². The van der Waals surface area contributed by atoms with E-state index < -0.39 is 5.97 Å². The van der Waals surface area contributed by atoms with Crippen molar-refractivity contribution in [2.45, 2.75) is 122 Å². The Bertz CT molecular complexity index is 328. The third-order valence-electron chi connectivity index (χ3n) is 4.78. The number of carboxylic acids is 1. The highest BCUT2D eigenvalue weighted by Crippen LogP contribution is 2.13. The maximum Gasteiger partial charge on any atom is 0.305 e. The van der Waals surface area contributed by atoms with Crippen molar-refractivity contribution in [2.24, 2.45) is 0 Å². The molecule has 0 amide bonds. The topological polar surface area (TPSA) is 63.6 Å². The number of esters is 1. The van der Waals surface area contributed by atoms with Crippen molar-refractivity contribution in [1.82, 2.24) is 0 Å². The van der Waals surface area contributed by atoms with E-state index in [1.54, 1.807) is 0 Å². The van der Waals surface area contributed by atoms with E-state index in [-0.39, 0.29) is 19.0 Å². The highest BCUT2D eigenvalue weighted by atomic mass is 16.5. The molecule has 0 unspecified atom stereocenters. The molecule has 0 spiro atoms. The number of carbonyl (C=O) groups is 2. The van der Waals surface area contributed by atoms with Gasteiger partial charge in [-0.2, -0.15) is 0 Å². The average Bonchev–Trinajstić information content (AvgIpc) is 2.62. The van der Waals surface area contributed by atoms with Gasteiger partial charge in [-0.1, -0.05) is 96.8 Å². The van der Waals surface area contributed by atoms with Gasteiger partial charge in [-0.05, 0) is 12.8 Å². The standard InChI is InChI=1S/C22H42O4/c1-2-3-4-5-6-7-8-9-10-11-12-13-14-15-16-19-22(25)26-20-17-18-21(23)24/h2-20H2,1H3,(H,23,24). The molecule has 0 atom stereocenters. The van der Waals surface area contributed by atoms with Crippen molar-refractivity contribution >= 4 is 11.9 Å². The molecule has 0 aromatic rings. The number of unbranched alkanes of at least 4 members (excludes halogenated alkanes) is 14. The molecule has 0 fully saturated rings. The van der Waals surface area contributed by atoms with Gasteiger partial charge in [0.05, 0.1) is 6.61 Å². The molecule has 0 heterocycles. The van der Waals surface area contributed by atoms with E-state index >= 15 is 0 Å². The van der Waals surface area contributed by atoms with Crippen LogP contribution in [0.5, 0.6) is 0 Å². The van der Waals surface area contributed by atoms with Crippen molar-refractivity contribution in [3.8, 4) is 0 Å². The van der Waals surface area contributed by atoms with Crippen LogP contribution in [0.4, 0.5) is 0 Å². The highest BCUT2D eigenvalue weighted by molar-refractivity contribution is 5.69. The van der Waals surface area contributed by atoms with Crippen molar-refractivity contribution < 1.29 is 19.4 Å². The summed E-state index contributed by atoms with van der Waals surface area (Å²) in [5, 5.41) is 8.49. The molecule has 0 bridgehead atoms. The van der Waals surface area contributed by atoms with Crippen LogP contribution in [0.15, 0.2) is 0 Å². The Morgan fingerprint density at radius 2 is 1.04 bits per heavy atom. The van der Waals surface area contributed by atoms with Crippen LogP contribution in [0.2, 0.25) is 0 Å². The predicted molar refractivity (Wildman–Crippen MR) is 107 cm³/mol. The van der Waals surface area contributed by atoms with Crippen molar-refractivity contribution in [2.75, 3.05) is 6.61 Å². The molecule has 0 radical (unpaired) electrons. The lowest BCUT2D eigenvalue weighted by molar-refractivity contribution is -0.145. The number of ether oxygens (including phenoxy) is 1. The number of aliphatic carboxylic acids is 1. The fraction of sp³-hybridized carbons (Fsp3) is 0.909. The molecule has 1 N–H and O–H groups in total. The second kappa shape index (κ2) is 20.3. The Kier molecular flexibility index (Phi) is 19.4. The van der Waals surface area contributed by atoms with Crippen LogP contribution in [0, 0.1) is 0 Å². The second-order valence-corrected chi connectivity index (χ2v) is 7.42. The van der Waals surface area contributed by atoms with Crippen molar-refractivity contribution in [3.63, 3.8) is 0 Å². The molecule has 0 rings (SSSR count). The monoisotopic (exact) mass is 370 g/mol. The van der Waals surface area contributed by atoms with Crippen LogP contribution >= 0.6 is 0 Å². The van der Waals surface area contributed by atoms with Gasteiger partial charge < -0.3 is 9.84 Å². The van der Waals surface area contributed by atoms with E-state index in [0.717, 1.165) is 12.8 Å². The molecule has 0 saturated heterocycles. The van der Waals surface area contributed by atoms with Crippen LogP contribution in [-0.4, -0.2) is 23.7 Å². The summed E-state index contributed by atoms with van der Waals surface area (Å²) in [6, 6.07) is 0. The minimum absolute atomic E-state index is 0.0617. The summed E-state index contributed by atoms with van der Waals surface area (Å²) in [6.07, 6.45) is 20.6. The van der Waals surface area contributed by atoms with E-state index in [4.69, 9.17) is 9.84 Å². The van der Waals surface area contributed by atoms with E-state index in [1.165, 1.54) is 83.5 Å². The number of hydrogen-bond acceptors (Lipinski definition) is 3. The van der Waals surface area contributed by atoms with Crippen LogP contribution in [0.3, 0.4) is 0 Å². The maximum atomic E-state index is 11.5. The summed E-state index contributed by atoms with van der Waals surface area (Å²) in [6.45, 7) is 2.49. The molecule has 0 saturated carbocycles. The first kappa shape index (κ1) is 24.9. The summed E-state index contributed by atoms with van der Waals surface area (Å²) in [5.41, 5.74) is 0. The van der Waals surface area contributed by atoms with Gasteiger partial charge >= 0.3 is 11.9 Å². The fourth-order valence-electron chi connectivity index (χ4n) is 3.12. The number of carboxylic acid groups (broad SMARTS) is 1. The number of carbonyl (C=O) groups excluding carboxylic acids is 1. The predicted octanol–water partition coefficient (Wildman–Crippen LogP) is 6.66. The largest absolute Gasteiger partial charge is 0.481 e. The van der Waals surface area contributed by atoms with Gasteiger partial charge in [0.1, 0.15) is 0 Å². The Morgan fingerprint density at radius 3 is 1.46 bits per heavy atom. The molecule has 4 heteroatoms. The Morgan fingerprint density at radius 1 is 0.615 bits per heavy atom. The maximum absolute atomic E-state index is 11.5. The van der Waals surface area contributed by atoms with Crippen LogP contribution in [0.25, 0.3) is 0 Å². The number of rotatable bonds is 20. The lowest BCUT2D eigenvalue weighted by Crippen LogP contribution is -2.07. The molecular formula is C22H42O4. The first-order valence-electron chi connectivity index (χ1n) is 11.0. The molecule has 26 heavy (non-hydrogen) atoms. The molecule has 0 aliphatic heterocycles. The van der Waals surface area contributed by atoms with Gasteiger partial charge in [0.25, 0.3) is 0 Å². The molecule has 0 aliphatic carbocycles. The van der Waals surface area contributed by atoms with Crippen molar-refractivity contribution in [1.29, 1.82) is 0 Å². The zero-order chi connectivity index (χ0) is 19.3. The Labute approximate surface area is 161 Å². The average molecular weight is 371 g/mol. The summed E-state index contributed by atoms with van der Waals surface area (Å²) < 4.78 is 5.01. The normalized spacial score (nSPS) is 10.8. The molecule has 154 valence electrons. The first-order valence-corrected chi connectivity index (χ1v) is 11.0. The van der Waals surface area contributed by atoms with Crippen molar-refractivity contribution in [3.05, 3.63) is 0 Å². The summed E-state index contributed by atoms with van der Waals surface area (Å²) in [4.78, 5) is 21.8. The van der Waals surface area contributed by atoms with E-state index in [0.29, 0.717) is 12.8 Å². The third kappa shape index (κ3) is 21.0. The first-order chi connectivity index (χ1) is 12.7. The van der Waals surface area contributed by atoms with Crippen LogP contribution < -0.4 is 0 Å². The van der Waals surface area contributed by atoms with E-state index in [1.807, 2.05) is 0 Å². The Hall–Kier alpha value is -1.06. The van der Waals surface area contributed by atoms with Crippen LogP contribution in [0.1, 0.15) is 122 Å². The van der Waals surface area contributed by atoms with Gasteiger partial charge in [0.15, 0.2) is 0 Å². The van der Waals surface area contributed by atoms with E-state index in [2.05, 4.69) is 6.92 Å². The quantitative estimate of drug-likeness (QED) is 0.192. The van der Waals surface area contributed by atoms with Gasteiger partial charge in [-0.25, -0.2) is 0 Å². The molecule has 0 aliphatic rings. The second-order valence-electron chi connectivity index (χ2n) is 7.42. The third-order valence-corrected chi connectivity index (χ3v) is 4.78. The molecule has 0 aromatic heterocycles. The van der Waals surface area contributed by atoms with Gasteiger partial charge in [-0.3, -0.25) is 9.59 Å².